The van der Waals surface area contributed by atoms with Crippen molar-refractivity contribution in [2.75, 3.05) is 20.2 Å². The molecule has 0 bridgehead atoms. The summed E-state index contributed by atoms with van der Waals surface area (Å²) in [6.07, 6.45) is 4.38. The number of hydrogen-bond acceptors (Lipinski definition) is 4. The van der Waals surface area contributed by atoms with Crippen molar-refractivity contribution in [1.82, 2.24) is 10.2 Å². The first kappa shape index (κ1) is 23.9. The number of ether oxygens (including phenoxy) is 2. The third-order valence-electron chi connectivity index (χ3n) is 5.64. The zero-order valence-electron chi connectivity index (χ0n) is 19.2. The molecule has 0 aromatic heterocycles. The lowest BCUT2D eigenvalue weighted by Crippen LogP contribution is -2.29. The van der Waals surface area contributed by atoms with Crippen LogP contribution in [-0.2, 0) is 22.5 Å². The number of benzene rings is 2. The van der Waals surface area contributed by atoms with Crippen molar-refractivity contribution in [3.63, 3.8) is 0 Å². The summed E-state index contributed by atoms with van der Waals surface area (Å²) < 4.78 is 11.1. The standard InChI is InChI=1S/C26H31ClN2O3/c1-18-15-21(9-10-24(18)31-4)11-13-29-17-25(20(3)26(29)30)32-14-12-19(2)28-16-22-7-5-6-8-23(22)27/h5-10,12,14-15,19,28H,11,13,16-17H2,1-4H3/b14-12+. The van der Waals surface area contributed by atoms with E-state index in [4.69, 9.17) is 21.1 Å². The number of hydrogen-bond donors (Lipinski definition) is 1. The minimum atomic E-state index is 0.0310. The number of rotatable bonds is 10. The first-order chi connectivity index (χ1) is 15.4. The highest BCUT2D eigenvalue weighted by molar-refractivity contribution is 6.31. The molecular formula is C26H31ClN2O3. The van der Waals surface area contributed by atoms with E-state index in [9.17, 15) is 4.79 Å². The van der Waals surface area contributed by atoms with Gasteiger partial charge in [0.05, 0.1) is 25.5 Å². The second-order valence-electron chi connectivity index (χ2n) is 8.04. The lowest BCUT2D eigenvalue weighted by Gasteiger charge is -2.17. The van der Waals surface area contributed by atoms with E-state index in [-0.39, 0.29) is 11.9 Å². The number of nitrogens with zero attached hydrogens (tertiary/aromatic N) is 1. The Hall–Kier alpha value is -2.76. The van der Waals surface area contributed by atoms with Gasteiger partial charge >= 0.3 is 0 Å². The van der Waals surface area contributed by atoms with E-state index >= 15 is 0 Å². The molecule has 6 heteroatoms. The lowest BCUT2D eigenvalue weighted by atomic mass is 10.1. The first-order valence-corrected chi connectivity index (χ1v) is 11.2. The van der Waals surface area contributed by atoms with Gasteiger partial charge in [-0.2, -0.15) is 0 Å². The Morgan fingerprint density at radius 1 is 1.22 bits per heavy atom. The van der Waals surface area contributed by atoms with Crippen molar-refractivity contribution in [3.05, 3.63) is 87.8 Å². The maximum absolute atomic E-state index is 12.6. The Balaban J connectivity index is 1.47. The molecule has 0 saturated heterocycles. The van der Waals surface area contributed by atoms with Gasteiger partial charge in [0.15, 0.2) is 0 Å². The van der Waals surface area contributed by atoms with E-state index < -0.39 is 0 Å². The molecule has 0 saturated carbocycles. The molecule has 1 aliphatic rings. The summed E-state index contributed by atoms with van der Waals surface area (Å²) in [7, 11) is 1.67. The average Bonchev–Trinajstić information content (AvgIpc) is 3.05. The normalized spacial score (nSPS) is 15.0. The maximum atomic E-state index is 12.6. The van der Waals surface area contributed by atoms with Crippen LogP contribution in [0.3, 0.4) is 0 Å². The third-order valence-corrected chi connectivity index (χ3v) is 6.01. The molecule has 1 unspecified atom stereocenters. The Kier molecular flexibility index (Phi) is 8.37. The Labute approximate surface area is 195 Å². The highest BCUT2D eigenvalue weighted by Gasteiger charge is 2.28. The van der Waals surface area contributed by atoms with Crippen LogP contribution in [0.25, 0.3) is 0 Å². The van der Waals surface area contributed by atoms with Crippen LogP contribution in [0.4, 0.5) is 0 Å². The van der Waals surface area contributed by atoms with Crippen molar-refractivity contribution in [2.24, 2.45) is 0 Å². The molecule has 0 radical (unpaired) electrons. The molecule has 1 N–H and O–H groups in total. The van der Waals surface area contributed by atoms with E-state index in [0.29, 0.717) is 31.0 Å². The van der Waals surface area contributed by atoms with Crippen molar-refractivity contribution in [2.45, 2.75) is 39.8 Å². The van der Waals surface area contributed by atoms with Crippen LogP contribution in [-0.4, -0.2) is 37.0 Å². The van der Waals surface area contributed by atoms with E-state index in [2.05, 4.69) is 11.4 Å². The van der Waals surface area contributed by atoms with Gasteiger partial charge in [-0.25, -0.2) is 0 Å². The van der Waals surface area contributed by atoms with E-state index in [0.717, 1.165) is 28.3 Å². The molecule has 170 valence electrons. The summed E-state index contributed by atoms with van der Waals surface area (Å²) in [5.74, 6) is 1.61. The van der Waals surface area contributed by atoms with Gasteiger partial charge in [0.1, 0.15) is 11.5 Å². The van der Waals surface area contributed by atoms with E-state index in [1.165, 1.54) is 5.56 Å². The summed E-state index contributed by atoms with van der Waals surface area (Å²) in [6.45, 7) is 7.70. The molecule has 1 aliphatic heterocycles. The molecule has 1 atom stereocenters. The predicted octanol–water partition coefficient (Wildman–Crippen LogP) is 5.02. The molecule has 5 nitrogen and oxygen atoms in total. The molecule has 32 heavy (non-hydrogen) atoms. The fourth-order valence-electron chi connectivity index (χ4n) is 3.61. The highest BCUT2D eigenvalue weighted by Crippen LogP contribution is 2.22. The van der Waals surface area contributed by atoms with Gasteiger partial charge < -0.3 is 19.7 Å². The summed E-state index contributed by atoms with van der Waals surface area (Å²) in [4.78, 5) is 14.4. The van der Waals surface area contributed by atoms with Gasteiger partial charge in [0.2, 0.25) is 0 Å². The van der Waals surface area contributed by atoms with Crippen LogP contribution in [0.15, 0.2) is 66.1 Å². The Morgan fingerprint density at radius 2 is 2.00 bits per heavy atom. The summed E-state index contributed by atoms with van der Waals surface area (Å²) >= 11 is 6.20. The van der Waals surface area contributed by atoms with Gasteiger partial charge in [-0.1, -0.05) is 41.9 Å². The number of carbonyl (C=O) groups excluding carboxylic acids is 1. The topological polar surface area (TPSA) is 50.8 Å². The number of carbonyl (C=O) groups is 1. The van der Waals surface area contributed by atoms with Gasteiger partial charge in [-0.05, 0) is 62.1 Å². The van der Waals surface area contributed by atoms with Crippen LogP contribution in [0.2, 0.25) is 5.02 Å². The second kappa shape index (κ2) is 11.2. The zero-order chi connectivity index (χ0) is 23.1. The van der Waals surface area contributed by atoms with Gasteiger partial charge in [0, 0.05) is 24.2 Å². The Morgan fingerprint density at radius 3 is 2.72 bits per heavy atom. The summed E-state index contributed by atoms with van der Waals surface area (Å²) in [6, 6.07) is 14.0. The molecule has 0 fully saturated rings. The van der Waals surface area contributed by atoms with Crippen LogP contribution in [0.1, 0.15) is 30.5 Å². The SMILES string of the molecule is COc1ccc(CCN2CC(O/C=C/C(C)NCc3ccccc3Cl)=C(C)C2=O)cc1C. The quantitative estimate of drug-likeness (QED) is 0.512. The second-order valence-corrected chi connectivity index (χ2v) is 8.44. The number of halogens is 1. The highest BCUT2D eigenvalue weighted by atomic mass is 35.5. The number of methoxy groups -OCH3 is 1. The monoisotopic (exact) mass is 454 g/mol. The van der Waals surface area contributed by atoms with Crippen molar-refractivity contribution in [1.29, 1.82) is 0 Å². The molecule has 1 heterocycles. The third kappa shape index (κ3) is 6.15. The number of nitrogens with one attached hydrogen (secondary N) is 1. The molecule has 2 aromatic rings. The molecule has 1 amide bonds. The minimum absolute atomic E-state index is 0.0310. The lowest BCUT2D eigenvalue weighted by molar-refractivity contribution is -0.125. The maximum Gasteiger partial charge on any atom is 0.253 e. The first-order valence-electron chi connectivity index (χ1n) is 10.8. The minimum Gasteiger partial charge on any atom is -0.496 e. The molecule has 0 aliphatic carbocycles. The Bertz CT molecular complexity index is 1020. The van der Waals surface area contributed by atoms with Crippen molar-refractivity contribution >= 4 is 17.5 Å². The van der Waals surface area contributed by atoms with Gasteiger partial charge in [0.25, 0.3) is 5.91 Å². The van der Waals surface area contributed by atoms with E-state index in [1.54, 1.807) is 13.4 Å². The number of aryl methyl sites for hydroxylation is 1. The summed E-state index contributed by atoms with van der Waals surface area (Å²) in [5, 5.41) is 4.14. The summed E-state index contributed by atoms with van der Waals surface area (Å²) in [5.41, 5.74) is 4.00. The fraction of sp³-hybridized carbons (Fsp3) is 0.346. The molecular weight excluding hydrogens is 424 g/mol. The van der Waals surface area contributed by atoms with Crippen molar-refractivity contribution in [3.8, 4) is 5.75 Å². The fourth-order valence-corrected chi connectivity index (χ4v) is 3.81. The van der Waals surface area contributed by atoms with E-state index in [1.807, 2.05) is 68.1 Å². The molecule has 0 spiro atoms. The largest absolute Gasteiger partial charge is 0.496 e. The van der Waals surface area contributed by atoms with Crippen LogP contribution in [0, 0.1) is 6.92 Å². The zero-order valence-corrected chi connectivity index (χ0v) is 19.9. The average molecular weight is 455 g/mol. The van der Waals surface area contributed by atoms with Crippen LogP contribution < -0.4 is 10.1 Å². The van der Waals surface area contributed by atoms with Crippen molar-refractivity contribution < 1.29 is 14.3 Å². The number of amides is 1. The van der Waals surface area contributed by atoms with Gasteiger partial charge in [-0.15, -0.1) is 0 Å². The molecule has 3 rings (SSSR count). The molecule has 2 aromatic carbocycles. The van der Waals surface area contributed by atoms with Crippen LogP contribution in [0.5, 0.6) is 5.75 Å². The predicted molar refractivity (Wildman–Crippen MR) is 129 cm³/mol. The van der Waals surface area contributed by atoms with Crippen LogP contribution >= 0.6 is 11.6 Å². The van der Waals surface area contributed by atoms with Gasteiger partial charge in [-0.3, -0.25) is 4.79 Å². The smallest absolute Gasteiger partial charge is 0.253 e.